The Morgan fingerprint density at radius 2 is 1.52 bits per heavy atom. The molecular weight excluding hydrogens is 302 g/mol. The average Bonchev–Trinajstić information content (AvgIpc) is 2.67. The molecule has 0 saturated carbocycles. The molecule has 0 aromatic heterocycles. The Kier molecular flexibility index (Phi) is 6.64. The number of hydrogen-bond acceptors (Lipinski definition) is 1. The first-order chi connectivity index (χ1) is 12.3. The van der Waals surface area contributed by atoms with E-state index >= 15 is 0 Å². The Labute approximate surface area is 152 Å². The van der Waals surface area contributed by atoms with Crippen molar-refractivity contribution >= 4 is 0 Å². The fourth-order valence-corrected chi connectivity index (χ4v) is 3.62. The monoisotopic (exact) mass is 331 g/mol. The number of benzene rings is 2. The first kappa shape index (κ1) is 17.7. The lowest BCUT2D eigenvalue weighted by molar-refractivity contribution is 0.520. The fraction of sp³-hybridized carbons (Fsp3) is 0.333. The van der Waals surface area contributed by atoms with E-state index in [0.29, 0.717) is 12.0 Å². The topological polar surface area (TPSA) is 12.0 Å². The molecule has 2 aromatic rings. The number of nitrogens with one attached hydrogen (secondary N) is 1. The van der Waals surface area contributed by atoms with Gasteiger partial charge < -0.3 is 5.32 Å². The largest absolute Gasteiger partial charge is 0.314 e. The Bertz CT molecular complexity index is 645. The second-order valence-electron chi connectivity index (χ2n) is 6.98. The van der Waals surface area contributed by atoms with E-state index in [0.717, 1.165) is 19.4 Å². The highest BCUT2D eigenvalue weighted by atomic mass is 14.9. The van der Waals surface area contributed by atoms with E-state index in [2.05, 4.69) is 91.1 Å². The van der Waals surface area contributed by atoms with Gasteiger partial charge in [0, 0.05) is 12.0 Å². The SMILES string of the molecule is CC(CC1=CCCC=C1)NCCC(c1ccccc1)c1ccccc1. The molecule has 1 atom stereocenters. The molecule has 2 aromatic carbocycles. The summed E-state index contributed by atoms with van der Waals surface area (Å²) < 4.78 is 0. The van der Waals surface area contributed by atoms with Crippen LogP contribution in [0.25, 0.3) is 0 Å². The summed E-state index contributed by atoms with van der Waals surface area (Å²) in [4.78, 5) is 0. The molecule has 1 aliphatic carbocycles. The van der Waals surface area contributed by atoms with E-state index in [-0.39, 0.29) is 0 Å². The van der Waals surface area contributed by atoms with Crippen molar-refractivity contribution in [2.24, 2.45) is 0 Å². The first-order valence-corrected chi connectivity index (χ1v) is 9.52. The Morgan fingerprint density at radius 3 is 2.08 bits per heavy atom. The van der Waals surface area contributed by atoms with Crippen molar-refractivity contribution in [3.63, 3.8) is 0 Å². The van der Waals surface area contributed by atoms with Gasteiger partial charge in [-0.3, -0.25) is 0 Å². The molecule has 0 saturated heterocycles. The quantitative estimate of drug-likeness (QED) is 0.639. The zero-order valence-electron chi connectivity index (χ0n) is 15.2. The van der Waals surface area contributed by atoms with Gasteiger partial charge in [-0.25, -0.2) is 0 Å². The molecule has 1 nitrogen and oxygen atoms in total. The number of allylic oxidation sites excluding steroid dienone is 3. The van der Waals surface area contributed by atoms with Crippen LogP contribution in [0.5, 0.6) is 0 Å². The van der Waals surface area contributed by atoms with Crippen LogP contribution in [0.1, 0.15) is 49.7 Å². The molecule has 1 aliphatic rings. The van der Waals surface area contributed by atoms with Crippen LogP contribution < -0.4 is 5.32 Å². The fourth-order valence-electron chi connectivity index (χ4n) is 3.62. The van der Waals surface area contributed by atoms with Crippen molar-refractivity contribution in [3.8, 4) is 0 Å². The van der Waals surface area contributed by atoms with Crippen molar-refractivity contribution in [1.29, 1.82) is 0 Å². The normalized spacial score (nSPS) is 15.2. The van der Waals surface area contributed by atoms with Crippen molar-refractivity contribution in [3.05, 3.63) is 95.6 Å². The van der Waals surface area contributed by atoms with Crippen molar-refractivity contribution in [2.75, 3.05) is 6.54 Å². The summed E-state index contributed by atoms with van der Waals surface area (Å²) in [5, 5.41) is 3.73. The summed E-state index contributed by atoms with van der Waals surface area (Å²) in [5.74, 6) is 0.455. The lowest BCUT2D eigenvalue weighted by atomic mass is 9.88. The lowest BCUT2D eigenvalue weighted by Crippen LogP contribution is -2.28. The number of rotatable bonds is 8. The molecule has 3 rings (SSSR count). The van der Waals surface area contributed by atoms with Crippen LogP contribution in [0.3, 0.4) is 0 Å². The Balaban J connectivity index is 1.58. The minimum Gasteiger partial charge on any atom is -0.314 e. The second-order valence-corrected chi connectivity index (χ2v) is 6.98. The molecule has 1 N–H and O–H groups in total. The van der Waals surface area contributed by atoms with Crippen LogP contribution in [-0.4, -0.2) is 12.6 Å². The molecule has 1 unspecified atom stereocenters. The van der Waals surface area contributed by atoms with Gasteiger partial charge in [0.1, 0.15) is 0 Å². The second kappa shape index (κ2) is 9.39. The summed E-state index contributed by atoms with van der Waals surface area (Å²) in [6.45, 7) is 3.33. The van der Waals surface area contributed by atoms with Crippen molar-refractivity contribution in [1.82, 2.24) is 5.32 Å². The van der Waals surface area contributed by atoms with Crippen molar-refractivity contribution in [2.45, 2.75) is 44.6 Å². The van der Waals surface area contributed by atoms with Crippen LogP contribution in [-0.2, 0) is 0 Å². The first-order valence-electron chi connectivity index (χ1n) is 9.52. The smallest absolute Gasteiger partial charge is 0.0101 e. The standard InChI is InChI=1S/C24H29N/c1-20(19-21-11-5-2-6-12-21)25-18-17-24(22-13-7-3-8-14-22)23-15-9-4-10-16-23/h3-5,7-16,20,24-25H,2,6,17-19H2,1H3. The van der Waals surface area contributed by atoms with E-state index in [1.165, 1.54) is 29.5 Å². The van der Waals surface area contributed by atoms with Gasteiger partial charge >= 0.3 is 0 Å². The zero-order chi connectivity index (χ0) is 17.3. The minimum absolute atomic E-state index is 0.455. The van der Waals surface area contributed by atoms with Crippen molar-refractivity contribution < 1.29 is 0 Å². The Hall–Kier alpha value is -2.12. The van der Waals surface area contributed by atoms with E-state index in [1.54, 1.807) is 0 Å². The van der Waals surface area contributed by atoms with Gasteiger partial charge in [-0.15, -0.1) is 0 Å². The van der Waals surface area contributed by atoms with Crippen LogP contribution in [0.2, 0.25) is 0 Å². The summed E-state index contributed by atoms with van der Waals surface area (Å²) in [6, 6.07) is 22.3. The van der Waals surface area contributed by atoms with Gasteiger partial charge in [-0.1, -0.05) is 84.5 Å². The van der Waals surface area contributed by atoms with E-state index in [4.69, 9.17) is 0 Å². The summed E-state index contributed by atoms with van der Waals surface area (Å²) >= 11 is 0. The maximum atomic E-state index is 3.73. The van der Waals surface area contributed by atoms with Gasteiger partial charge in [0.2, 0.25) is 0 Å². The van der Waals surface area contributed by atoms with Gasteiger partial charge in [-0.2, -0.15) is 0 Å². The minimum atomic E-state index is 0.455. The maximum absolute atomic E-state index is 3.73. The van der Waals surface area contributed by atoms with E-state index < -0.39 is 0 Å². The Morgan fingerprint density at radius 1 is 0.880 bits per heavy atom. The summed E-state index contributed by atoms with van der Waals surface area (Å²) in [5.41, 5.74) is 4.29. The highest BCUT2D eigenvalue weighted by Gasteiger charge is 2.14. The molecule has 0 spiro atoms. The molecule has 130 valence electrons. The highest BCUT2D eigenvalue weighted by Crippen LogP contribution is 2.27. The maximum Gasteiger partial charge on any atom is 0.0101 e. The van der Waals surface area contributed by atoms with Crippen LogP contribution in [0.4, 0.5) is 0 Å². The molecule has 0 aliphatic heterocycles. The van der Waals surface area contributed by atoms with Gasteiger partial charge in [0.05, 0.1) is 0 Å². The third-order valence-corrected chi connectivity index (χ3v) is 4.94. The van der Waals surface area contributed by atoms with E-state index in [9.17, 15) is 0 Å². The third kappa shape index (κ3) is 5.44. The molecule has 0 amide bonds. The average molecular weight is 332 g/mol. The molecule has 1 heteroatoms. The third-order valence-electron chi connectivity index (χ3n) is 4.94. The lowest BCUT2D eigenvalue weighted by Gasteiger charge is -2.21. The zero-order valence-corrected chi connectivity index (χ0v) is 15.2. The van der Waals surface area contributed by atoms with Gasteiger partial charge in [0.15, 0.2) is 0 Å². The molecule has 0 heterocycles. The molecule has 25 heavy (non-hydrogen) atoms. The molecule has 0 radical (unpaired) electrons. The predicted molar refractivity (Wildman–Crippen MR) is 108 cm³/mol. The summed E-state index contributed by atoms with van der Waals surface area (Å²) in [6.07, 6.45) is 11.6. The van der Waals surface area contributed by atoms with Crippen LogP contribution in [0, 0.1) is 0 Å². The molecular formula is C24H29N. The van der Waals surface area contributed by atoms with Gasteiger partial charge in [0.25, 0.3) is 0 Å². The molecule has 0 fully saturated rings. The summed E-state index contributed by atoms with van der Waals surface area (Å²) in [7, 11) is 0. The highest BCUT2D eigenvalue weighted by molar-refractivity contribution is 5.32. The number of hydrogen-bond donors (Lipinski definition) is 1. The predicted octanol–water partition coefficient (Wildman–Crippen LogP) is 5.85. The van der Waals surface area contributed by atoms with Gasteiger partial charge in [-0.05, 0) is 50.3 Å². The molecule has 0 bridgehead atoms. The van der Waals surface area contributed by atoms with E-state index in [1.807, 2.05) is 0 Å². The van der Waals surface area contributed by atoms with Crippen LogP contribution >= 0.6 is 0 Å². The van der Waals surface area contributed by atoms with Crippen LogP contribution in [0.15, 0.2) is 84.5 Å².